The summed E-state index contributed by atoms with van der Waals surface area (Å²) in [6.07, 6.45) is 1.47. The summed E-state index contributed by atoms with van der Waals surface area (Å²) in [6.45, 7) is 0.519. The Hall–Kier alpha value is -4.02. The van der Waals surface area contributed by atoms with Crippen molar-refractivity contribution in [2.45, 2.75) is 13.2 Å². The van der Waals surface area contributed by atoms with Gasteiger partial charge in [0.2, 0.25) is 0 Å². The lowest BCUT2D eigenvalue weighted by Crippen LogP contribution is -2.23. The van der Waals surface area contributed by atoms with E-state index in [-0.39, 0.29) is 24.2 Å². The van der Waals surface area contributed by atoms with Crippen molar-refractivity contribution in [2.24, 2.45) is 0 Å². The van der Waals surface area contributed by atoms with Gasteiger partial charge >= 0.3 is 0 Å². The molecule has 2 aromatic carbocycles. The first kappa shape index (κ1) is 22.8. The Bertz CT molecular complexity index is 1600. The second kappa shape index (κ2) is 9.32. The SMILES string of the molecule is COCc1nn2c(nnc3c(=O)n(Cc4ccc(OC)c(OC)c4)cnc32)c1-c1ccc(Cl)cc1. The third kappa shape index (κ3) is 4.07. The lowest BCUT2D eigenvalue weighted by molar-refractivity contribution is 0.181. The van der Waals surface area contributed by atoms with Gasteiger partial charge < -0.3 is 14.2 Å². The summed E-state index contributed by atoms with van der Waals surface area (Å²) < 4.78 is 19.0. The van der Waals surface area contributed by atoms with Crippen molar-refractivity contribution in [3.63, 3.8) is 0 Å². The molecule has 10 nitrogen and oxygen atoms in total. The fourth-order valence-electron chi connectivity index (χ4n) is 3.94. The van der Waals surface area contributed by atoms with Crippen LogP contribution in [0.2, 0.25) is 5.02 Å². The Morgan fingerprint density at radius 1 is 0.943 bits per heavy atom. The summed E-state index contributed by atoms with van der Waals surface area (Å²) in [6, 6.07) is 12.8. The van der Waals surface area contributed by atoms with Gasteiger partial charge in [0.05, 0.1) is 38.6 Å². The van der Waals surface area contributed by atoms with Crippen molar-refractivity contribution in [2.75, 3.05) is 21.3 Å². The van der Waals surface area contributed by atoms with E-state index in [2.05, 4.69) is 20.3 Å². The standard InChI is InChI=1S/C24H21ClN6O4/c1-33-12-17-20(15-5-7-16(25)8-6-15)22-28-27-21-23(31(22)29-17)26-13-30(24(21)32)11-14-4-9-18(34-2)19(10-14)35-3/h4-10,13H,11-12H2,1-3H3. The van der Waals surface area contributed by atoms with E-state index in [9.17, 15) is 4.79 Å². The number of nitrogens with zero attached hydrogens (tertiary/aromatic N) is 6. The zero-order chi connectivity index (χ0) is 24.5. The van der Waals surface area contributed by atoms with Crippen LogP contribution in [0.1, 0.15) is 11.3 Å². The van der Waals surface area contributed by atoms with E-state index in [0.29, 0.717) is 33.5 Å². The number of fused-ring (bicyclic) bond motifs is 3. The van der Waals surface area contributed by atoms with E-state index in [1.807, 2.05) is 24.3 Å². The minimum atomic E-state index is -0.337. The second-order valence-electron chi connectivity index (χ2n) is 7.74. The fourth-order valence-corrected chi connectivity index (χ4v) is 4.07. The summed E-state index contributed by atoms with van der Waals surface area (Å²) in [4.78, 5) is 17.8. The molecule has 0 saturated carbocycles. The predicted molar refractivity (Wildman–Crippen MR) is 130 cm³/mol. The van der Waals surface area contributed by atoms with Gasteiger partial charge in [0.1, 0.15) is 6.33 Å². The highest BCUT2D eigenvalue weighted by Gasteiger charge is 2.20. The van der Waals surface area contributed by atoms with Crippen LogP contribution in [0.25, 0.3) is 27.9 Å². The number of methoxy groups -OCH3 is 3. The third-order valence-electron chi connectivity index (χ3n) is 5.59. The maximum Gasteiger partial charge on any atom is 0.283 e. The molecule has 0 atom stereocenters. The Labute approximate surface area is 204 Å². The van der Waals surface area contributed by atoms with Crippen molar-refractivity contribution in [1.29, 1.82) is 0 Å². The molecule has 0 aliphatic carbocycles. The highest BCUT2D eigenvalue weighted by atomic mass is 35.5. The van der Waals surface area contributed by atoms with Gasteiger partial charge in [0.25, 0.3) is 5.56 Å². The van der Waals surface area contributed by atoms with Crippen LogP contribution in [-0.4, -0.2) is 50.7 Å². The molecule has 3 heterocycles. The summed E-state index contributed by atoms with van der Waals surface area (Å²) >= 11 is 6.06. The van der Waals surface area contributed by atoms with E-state index in [1.165, 1.54) is 15.4 Å². The molecule has 0 bridgehead atoms. The fraction of sp³-hybridized carbons (Fsp3) is 0.208. The Kier molecular flexibility index (Phi) is 6.06. The van der Waals surface area contributed by atoms with Crippen LogP contribution in [0.5, 0.6) is 11.5 Å². The van der Waals surface area contributed by atoms with Crippen LogP contribution in [-0.2, 0) is 17.9 Å². The van der Waals surface area contributed by atoms with E-state index in [4.69, 9.17) is 25.8 Å². The van der Waals surface area contributed by atoms with E-state index in [0.717, 1.165) is 16.7 Å². The first-order valence-corrected chi connectivity index (χ1v) is 11.0. The smallest absolute Gasteiger partial charge is 0.283 e. The summed E-state index contributed by atoms with van der Waals surface area (Å²) in [7, 11) is 4.72. The largest absolute Gasteiger partial charge is 0.493 e. The van der Waals surface area contributed by atoms with Gasteiger partial charge in [-0.15, -0.1) is 10.2 Å². The van der Waals surface area contributed by atoms with Gasteiger partial charge in [-0.05, 0) is 35.4 Å². The molecule has 178 valence electrons. The maximum absolute atomic E-state index is 13.3. The average Bonchev–Trinajstić information content (AvgIpc) is 3.24. The number of halogens is 1. The van der Waals surface area contributed by atoms with Gasteiger partial charge in [-0.25, -0.2) is 4.98 Å². The van der Waals surface area contributed by atoms with Gasteiger partial charge in [0.15, 0.2) is 28.3 Å². The van der Waals surface area contributed by atoms with Gasteiger partial charge in [-0.2, -0.15) is 9.61 Å². The first-order valence-electron chi connectivity index (χ1n) is 10.6. The Morgan fingerprint density at radius 3 is 2.43 bits per heavy atom. The normalized spacial score (nSPS) is 11.3. The number of rotatable bonds is 7. The van der Waals surface area contributed by atoms with Crippen LogP contribution in [0.15, 0.2) is 53.6 Å². The van der Waals surface area contributed by atoms with Crippen LogP contribution in [0.4, 0.5) is 0 Å². The molecule has 5 aromatic rings. The Morgan fingerprint density at radius 2 is 1.71 bits per heavy atom. The molecule has 0 radical (unpaired) electrons. The van der Waals surface area contributed by atoms with Crippen LogP contribution in [0, 0.1) is 0 Å². The minimum absolute atomic E-state index is 0.106. The monoisotopic (exact) mass is 492 g/mol. The molecule has 0 aliphatic heterocycles. The molecule has 0 amide bonds. The van der Waals surface area contributed by atoms with Crippen LogP contribution in [0.3, 0.4) is 0 Å². The predicted octanol–water partition coefficient (Wildman–Crippen LogP) is 3.37. The van der Waals surface area contributed by atoms with E-state index >= 15 is 0 Å². The zero-order valence-corrected chi connectivity index (χ0v) is 20.0. The number of hydrogen-bond acceptors (Lipinski definition) is 8. The molecule has 0 aliphatic rings. The quantitative estimate of drug-likeness (QED) is 0.340. The minimum Gasteiger partial charge on any atom is -0.493 e. The third-order valence-corrected chi connectivity index (χ3v) is 5.84. The number of ether oxygens (including phenoxy) is 3. The molecular weight excluding hydrogens is 472 g/mol. The summed E-state index contributed by atoms with van der Waals surface area (Å²) in [5.74, 6) is 1.18. The average molecular weight is 493 g/mol. The van der Waals surface area contributed by atoms with Crippen molar-refractivity contribution in [3.05, 3.63) is 75.4 Å². The second-order valence-corrected chi connectivity index (χ2v) is 8.17. The maximum atomic E-state index is 13.3. The Balaban J connectivity index is 1.62. The number of aromatic nitrogens is 6. The van der Waals surface area contributed by atoms with Crippen molar-refractivity contribution in [1.82, 2.24) is 29.4 Å². The molecular formula is C24H21ClN6O4. The van der Waals surface area contributed by atoms with Gasteiger partial charge in [-0.1, -0.05) is 29.8 Å². The van der Waals surface area contributed by atoms with E-state index in [1.54, 1.807) is 39.5 Å². The topological polar surface area (TPSA) is 106 Å². The molecule has 35 heavy (non-hydrogen) atoms. The number of benzene rings is 2. The summed E-state index contributed by atoms with van der Waals surface area (Å²) in [5, 5.41) is 13.8. The first-order chi connectivity index (χ1) is 17.0. The molecule has 5 rings (SSSR count). The molecule has 0 spiro atoms. The molecule has 0 N–H and O–H groups in total. The van der Waals surface area contributed by atoms with Crippen molar-refractivity contribution >= 4 is 28.4 Å². The molecule has 11 heteroatoms. The number of hydrogen-bond donors (Lipinski definition) is 0. The zero-order valence-electron chi connectivity index (χ0n) is 19.2. The highest BCUT2D eigenvalue weighted by molar-refractivity contribution is 6.30. The molecule has 0 unspecified atom stereocenters. The van der Waals surface area contributed by atoms with Crippen molar-refractivity contribution in [3.8, 4) is 22.6 Å². The van der Waals surface area contributed by atoms with Gasteiger partial charge in [0, 0.05) is 12.1 Å². The molecule has 0 saturated heterocycles. The van der Waals surface area contributed by atoms with Gasteiger partial charge in [-0.3, -0.25) is 9.36 Å². The summed E-state index contributed by atoms with van der Waals surface area (Å²) in [5.41, 5.74) is 3.63. The highest BCUT2D eigenvalue weighted by Crippen LogP contribution is 2.30. The lowest BCUT2D eigenvalue weighted by Gasteiger charge is -2.11. The van der Waals surface area contributed by atoms with Crippen LogP contribution < -0.4 is 15.0 Å². The van der Waals surface area contributed by atoms with E-state index < -0.39 is 0 Å². The van der Waals surface area contributed by atoms with Crippen molar-refractivity contribution < 1.29 is 14.2 Å². The van der Waals surface area contributed by atoms with Crippen LogP contribution >= 0.6 is 11.6 Å². The molecule has 0 fully saturated rings. The lowest BCUT2D eigenvalue weighted by atomic mass is 10.1. The molecule has 3 aromatic heterocycles.